The summed E-state index contributed by atoms with van der Waals surface area (Å²) in [6.07, 6.45) is -1.74. The number of carbonyl (C=O) groups excluding carboxylic acids is 2. The smallest absolute Gasteiger partial charge is 0.350 e. The van der Waals surface area contributed by atoms with Crippen molar-refractivity contribution in [3.8, 4) is 0 Å². The molecule has 0 radical (unpaired) electrons. The minimum atomic E-state index is -4.35. The maximum Gasteiger partial charge on any atom is 0.350 e. The fourth-order valence-corrected chi connectivity index (χ4v) is 1.24. The molecule has 0 aromatic rings. The highest BCUT2D eigenvalue weighted by Gasteiger charge is 2.18. The van der Waals surface area contributed by atoms with Gasteiger partial charge >= 0.3 is 13.6 Å². The molecule has 1 atom stereocenters. The Morgan fingerprint density at radius 2 is 2.16 bits per heavy atom. The Hall–Kier alpha value is -1.52. The molecule has 110 valence electrons. The van der Waals surface area contributed by atoms with Gasteiger partial charge in [0.2, 0.25) is 12.4 Å². The van der Waals surface area contributed by atoms with E-state index in [0.29, 0.717) is 0 Å². The summed E-state index contributed by atoms with van der Waals surface area (Å²) in [5.41, 5.74) is 5.10. The molecule has 0 aliphatic heterocycles. The molecular weight excluding hydrogens is 283 g/mol. The molecule has 0 saturated carbocycles. The Morgan fingerprint density at radius 1 is 1.53 bits per heavy atom. The normalized spacial score (nSPS) is 13.7. The minimum Gasteiger partial charge on any atom is -0.394 e. The first-order valence-corrected chi connectivity index (χ1v) is 6.67. The third-order valence-electron chi connectivity index (χ3n) is 1.61. The summed E-state index contributed by atoms with van der Waals surface area (Å²) < 4.78 is 15.2. The Bertz CT molecular complexity index is 382. The number of nitrogens with one attached hydrogen (secondary N) is 2. The van der Waals surface area contributed by atoms with Crippen molar-refractivity contribution in [1.29, 1.82) is 0 Å². The van der Waals surface area contributed by atoms with Crippen molar-refractivity contribution in [1.82, 2.24) is 10.6 Å². The van der Waals surface area contributed by atoms with E-state index in [0.717, 1.165) is 0 Å². The van der Waals surface area contributed by atoms with Crippen molar-refractivity contribution in [2.45, 2.75) is 6.10 Å². The molecule has 0 saturated heterocycles. The topological polar surface area (TPSA) is 184 Å². The molecule has 12 heteroatoms. The average molecular weight is 298 g/mol. The Balaban J connectivity index is 4.07. The third-order valence-corrected chi connectivity index (χ3v) is 2.09. The summed E-state index contributed by atoms with van der Waals surface area (Å²) in [6.45, 7) is -0.783. The predicted octanol–water partition coefficient (Wildman–Crippen LogP) is -2.73. The molecule has 0 unspecified atom stereocenters. The van der Waals surface area contributed by atoms with Crippen molar-refractivity contribution in [3.63, 3.8) is 0 Å². The zero-order chi connectivity index (χ0) is 14.9. The van der Waals surface area contributed by atoms with Crippen LogP contribution in [0.2, 0.25) is 0 Å². The van der Waals surface area contributed by atoms with Crippen LogP contribution in [0.25, 0.3) is 0 Å². The lowest BCUT2D eigenvalue weighted by Crippen LogP contribution is -2.46. The molecule has 0 aliphatic carbocycles. The molecule has 0 fully saturated rings. The number of nitrogens with zero attached hydrogens (tertiary/aromatic N) is 1. The zero-order valence-corrected chi connectivity index (χ0v) is 10.6. The van der Waals surface area contributed by atoms with Gasteiger partial charge in [0.05, 0.1) is 12.7 Å². The second-order valence-corrected chi connectivity index (χ2v) is 4.81. The lowest BCUT2D eigenvalue weighted by atomic mass is 10.4. The summed E-state index contributed by atoms with van der Waals surface area (Å²) in [5.74, 6) is -0.427. The molecule has 19 heavy (non-hydrogen) atoms. The van der Waals surface area contributed by atoms with Crippen molar-refractivity contribution in [3.05, 3.63) is 0 Å². The second-order valence-electron chi connectivity index (χ2n) is 3.22. The number of amides is 3. The van der Waals surface area contributed by atoms with Gasteiger partial charge in [0.25, 0.3) is 0 Å². The fourth-order valence-electron chi connectivity index (χ4n) is 0.835. The van der Waals surface area contributed by atoms with Crippen LogP contribution in [0.15, 0.2) is 4.99 Å². The van der Waals surface area contributed by atoms with Gasteiger partial charge in [0, 0.05) is 6.54 Å². The van der Waals surface area contributed by atoms with Crippen LogP contribution in [-0.4, -0.2) is 58.9 Å². The van der Waals surface area contributed by atoms with E-state index in [2.05, 4.69) is 15.0 Å². The van der Waals surface area contributed by atoms with Crippen LogP contribution in [0, 0.1) is 0 Å². The quantitative estimate of drug-likeness (QED) is 0.127. The van der Waals surface area contributed by atoms with Crippen LogP contribution in [0.5, 0.6) is 0 Å². The predicted molar refractivity (Wildman–Crippen MR) is 63.1 cm³/mol. The van der Waals surface area contributed by atoms with Crippen LogP contribution in [0.4, 0.5) is 4.79 Å². The first-order chi connectivity index (χ1) is 8.78. The van der Waals surface area contributed by atoms with Gasteiger partial charge in [-0.1, -0.05) is 0 Å². The largest absolute Gasteiger partial charge is 0.394 e. The lowest BCUT2D eigenvalue weighted by Gasteiger charge is -2.16. The number of ether oxygens (including phenoxy) is 1. The molecule has 0 bridgehead atoms. The van der Waals surface area contributed by atoms with Gasteiger partial charge in [0.15, 0.2) is 0 Å². The number of nitrogens with two attached hydrogens (primary N) is 1. The third kappa shape index (κ3) is 10.1. The standard InChI is InChI=1S/C7H15N4O7P/c8-6(10-3-13)11-7(14)9-1-5(2-12)18-4-19(15,16)17/h3,5,12H,1-2,4H2,(H2,15,16,17)(H4,8,9,10,11,13,14)/t5-/m0/s1. The van der Waals surface area contributed by atoms with Crippen molar-refractivity contribution in [2.75, 3.05) is 19.5 Å². The molecule has 3 amide bonds. The molecule has 0 spiro atoms. The van der Waals surface area contributed by atoms with E-state index in [4.69, 9.17) is 20.6 Å². The molecule has 11 nitrogen and oxygen atoms in total. The maximum absolute atomic E-state index is 11.2. The average Bonchev–Trinajstić information content (AvgIpc) is 2.28. The van der Waals surface area contributed by atoms with Crippen LogP contribution >= 0.6 is 7.60 Å². The molecule has 0 aromatic heterocycles. The summed E-state index contributed by atoms with van der Waals surface area (Å²) in [4.78, 5) is 41.2. The van der Waals surface area contributed by atoms with E-state index < -0.39 is 38.6 Å². The maximum atomic E-state index is 11.2. The number of hydrogen-bond acceptors (Lipinski definition) is 5. The van der Waals surface area contributed by atoms with Gasteiger partial charge in [-0.05, 0) is 0 Å². The van der Waals surface area contributed by atoms with Crippen molar-refractivity contribution in [2.24, 2.45) is 10.7 Å². The van der Waals surface area contributed by atoms with Gasteiger partial charge in [0.1, 0.15) is 6.35 Å². The highest BCUT2D eigenvalue weighted by Crippen LogP contribution is 2.34. The molecule has 0 aliphatic rings. The highest BCUT2D eigenvalue weighted by atomic mass is 31.2. The number of carbonyl (C=O) groups is 2. The number of aliphatic hydroxyl groups is 1. The van der Waals surface area contributed by atoms with Gasteiger partial charge in [-0.15, -0.1) is 0 Å². The molecular formula is C7H15N4O7P. The highest BCUT2D eigenvalue weighted by molar-refractivity contribution is 7.51. The zero-order valence-electron chi connectivity index (χ0n) is 9.72. The van der Waals surface area contributed by atoms with Crippen LogP contribution < -0.4 is 16.4 Å². The Labute approximate surface area is 108 Å². The van der Waals surface area contributed by atoms with Crippen LogP contribution in [0.3, 0.4) is 0 Å². The fraction of sp³-hybridized carbons (Fsp3) is 0.571. The first kappa shape index (κ1) is 17.5. The summed E-state index contributed by atoms with van der Waals surface area (Å²) in [7, 11) is -4.35. The minimum absolute atomic E-state index is 0.134. The Kier molecular flexibility index (Phi) is 7.87. The Morgan fingerprint density at radius 3 is 2.63 bits per heavy atom. The van der Waals surface area contributed by atoms with Gasteiger partial charge < -0.3 is 30.7 Å². The van der Waals surface area contributed by atoms with Crippen LogP contribution in [-0.2, 0) is 14.1 Å². The lowest BCUT2D eigenvalue weighted by molar-refractivity contribution is -0.106. The number of hydrogen-bond donors (Lipinski definition) is 6. The van der Waals surface area contributed by atoms with Crippen molar-refractivity contribution < 1.29 is 33.8 Å². The SMILES string of the molecule is NC(=NC=O)NC(=O)NC[C@@H](CO)OCP(=O)(O)O. The second kappa shape index (κ2) is 8.56. The number of urea groups is 1. The number of aliphatic imine (C=N–C) groups is 1. The molecule has 0 rings (SSSR count). The van der Waals surface area contributed by atoms with E-state index in [1.54, 1.807) is 0 Å². The summed E-state index contributed by atoms with van der Waals surface area (Å²) in [6, 6.07) is -0.818. The summed E-state index contributed by atoms with van der Waals surface area (Å²) >= 11 is 0. The van der Waals surface area contributed by atoms with Gasteiger partial charge in [-0.2, -0.15) is 4.99 Å². The molecule has 7 N–H and O–H groups in total. The number of guanidine groups is 1. The van der Waals surface area contributed by atoms with E-state index in [1.165, 1.54) is 0 Å². The van der Waals surface area contributed by atoms with Crippen LogP contribution in [0.1, 0.15) is 0 Å². The van der Waals surface area contributed by atoms with E-state index in [9.17, 15) is 14.2 Å². The molecule has 0 heterocycles. The first-order valence-electron chi connectivity index (χ1n) is 4.87. The van der Waals surface area contributed by atoms with E-state index in [-0.39, 0.29) is 13.0 Å². The summed E-state index contributed by atoms with van der Waals surface area (Å²) in [5, 5.41) is 13.0. The number of aliphatic hydroxyl groups excluding tert-OH is 1. The number of rotatable bonds is 7. The van der Waals surface area contributed by atoms with E-state index in [1.807, 2.05) is 5.32 Å². The van der Waals surface area contributed by atoms with Gasteiger partial charge in [-0.3, -0.25) is 14.7 Å². The van der Waals surface area contributed by atoms with Gasteiger partial charge in [-0.25, -0.2) is 4.79 Å². The van der Waals surface area contributed by atoms with Crippen molar-refractivity contribution >= 4 is 26.0 Å². The van der Waals surface area contributed by atoms with E-state index >= 15 is 0 Å². The molecule has 0 aromatic carbocycles. The monoisotopic (exact) mass is 298 g/mol.